The van der Waals surface area contributed by atoms with Crippen LogP contribution in [0, 0.1) is 0 Å². The molecule has 0 unspecified atom stereocenters. The molecule has 0 aliphatic carbocycles. The number of furan rings is 1. The van der Waals surface area contributed by atoms with E-state index in [9.17, 15) is 0 Å². The summed E-state index contributed by atoms with van der Waals surface area (Å²) in [5.74, 6) is 1.00. The van der Waals surface area contributed by atoms with Gasteiger partial charge in [0.2, 0.25) is 0 Å². The van der Waals surface area contributed by atoms with E-state index < -0.39 is 0 Å². The van der Waals surface area contributed by atoms with Gasteiger partial charge in [-0.05, 0) is 36.8 Å². The molecule has 0 saturated heterocycles. The Bertz CT molecular complexity index is 1200. The average Bonchev–Trinajstić information content (AvgIpc) is 3.10. The van der Waals surface area contributed by atoms with Crippen LogP contribution in [0.2, 0.25) is 0 Å². The SMILES string of the molecule is C/C=C/C(N)=NC(=NCc1ccccc1)c1ccc2c(c1)oc1ccccc12. The lowest BCUT2D eigenvalue weighted by Gasteiger charge is -2.04. The molecule has 0 atom stereocenters. The van der Waals surface area contributed by atoms with Crippen LogP contribution in [0.15, 0.2) is 99.4 Å². The van der Waals surface area contributed by atoms with Crippen molar-refractivity contribution in [1.82, 2.24) is 0 Å². The standard InChI is InChI=1S/C24H21N3O/c1-2-8-23(25)27-24(26-16-17-9-4-3-5-10-17)18-13-14-20-19-11-6-7-12-21(19)28-22(20)15-18/h2-15H,16H2,1H3,(H2,25,26,27)/b8-2+. The summed E-state index contributed by atoms with van der Waals surface area (Å²) < 4.78 is 6.01. The number of nitrogens with zero attached hydrogens (tertiary/aromatic N) is 2. The number of allylic oxidation sites excluding steroid dienone is 1. The van der Waals surface area contributed by atoms with E-state index >= 15 is 0 Å². The van der Waals surface area contributed by atoms with Crippen molar-refractivity contribution in [2.45, 2.75) is 13.5 Å². The number of amidine groups is 2. The number of nitrogens with two attached hydrogens (primary N) is 1. The predicted octanol–water partition coefficient (Wildman–Crippen LogP) is 5.47. The molecule has 0 amide bonds. The molecule has 0 spiro atoms. The quantitative estimate of drug-likeness (QED) is 0.384. The monoisotopic (exact) mass is 367 g/mol. The average molecular weight is 367 g/mol. The van der Waals surface area contributed by atoms with E-state index in [4.69, 9.17) is 15.1 Å². The summed E-state index contributed by atoms with van der Waals surface area (Å²) in [5, 5.41) is 2.18. The molecular weight excluding hydrogens is 346 g/mol. The molecule has 4 nitrogen and oxygen atoms in total. The van der Waals surface area contributed by atoms with Gasteiger partial charge in [0.1, 0.15) is 17.0 Å². The summed E-state index contributed by atoms with van der Waals surface area (Å²) in [4.78, 5) is 9.25. The molecule has 0 fully saturated rings. The van der Waals surface area contributed by atoms with E-state index in [2.05, 4.69) is 17.1 Å². The van der Waals surface area contributed by atoms with Gasteiger partial charge in [-0.1, -0.05) is 60.7 Å². The van der Waals surface area contributed by atoms with Crippen LogP contribution in [-0.2, 0) is 6.54 Å². The van der Waals surface area contributed by atoms with Gasteiger partial charge < -0.3 is 10.2 Å². The molecule has 0 aliphatic rings. The first-order chi connectivity index (χ1) is 13.7. The van der Waals surface area contributed by atoms with E-state index in [1.165, 1.54) is 0 Å². The van der Waals surface area contributed by atoms with E-state index in [-0.39, 0.29) is 0 Å². The van der Waals surface area contributed by atoms with Crippen LogP contribution >= 0.6 is 0 Å². The second-order valence-electron chi connectivity index (χ2n) is 6.47. The van der Waals surface area contributed by atoms with Gasteiger partial charge in [-0.15, -0.1) is 0 Å². The molecule has 0 radical (unpaired) electrons. The van der Waals surface area contributed by atoms with Gasteiger partial charge in [0, 0.05) is 16.3 Å². The highest BCUT2D eigenvalue weighted by molar-refractivity contribution is 6.12. The third-order valence-corrected chi connectivity index (χ3v) is 4.46. The highest BCUT2D eigenvalue weighted by Gasteiger charge is 2.10. The number of hydrogen-bond donors (Lipinski definition) is 1. The molecule has 3 aromatic carbocycles. The normalized spacial score (nSPS) is 13.0. The first kappa shape index (κ1) is 17.7. The molecule has 1 heterocycles. The van der Waals surface area contributed by atoms with E-state index in [0.29, 0.717) is 18.2 Å². The van der Waals surface area contributed by atoms with Crippen molar-refractivity contribution in [2.24, 2.45) is 15.7 Å². The Balaban J connectivity index is 1.78. The van der Waals surface area contributed by atoms with Gasteiger partial charge in [-0.25, -0.2) is 4.99 Å². The molecule has 4 aromatic rings. The van der Waals surface area contributed by atoms with Crippen molar-refractivity contribution < 1.29 is 4.42 Å². The van der Waals surface area contributed by atoms with E-state index in [1.54, 1.807) is 6.08 Å². The van der Waals surface area contributed by atoms with E-state index in [0.717, 1.165) is 33.1 Å². The fourth-order valence-corrected chi connectivity index (χ4v) is 3.14. The molecule has 138 valence electrons. The number of aliphatic imine (C=N–C) groups is 2. The van der Waals surface area contributed by atoms with Gasteiger partial charge >= 0.3 is 0 Å². The lowest BCUT2D eigenvalue weighted by Crippen LogP contribution is -2.12. The van der Waals surface area contributed by atoms with Gasteiger partial charge in [0.25, 0.3) is 0 Å². The van der Waals surface area contributed by atoms with Crippen LogP contribution in [0.1, 0.15) is 18.1 Å². The highest BCUT2D eigenvalue weighted by Crippen LogP contribution is 2.29. The lowest BCUT2D eigenvalue weighted by atomic mass is 10.1. The first-order valence-electron chi connectivity index (χ1n) is 9.21. The molecule has 1 aromatic heterocycles. The maximum absolute atomic E-state index is 6.02. The van der Waals surface area contributed by atoms with Crippen LogP contribution in [0.25, 0.3) is 21.9 Å². The molecule has 0 bridgehead atoms. The summed E-state index contributed by atoms with van der Waals surface area (Å²) in [6.45, 7) is 2.44. The second kappa shape index (κ2) is 7.92. The summed E-state index contributed by atoms with van der Waals surface area (Å²) in [6, 6.07) is 24.2. The third kappa shape index (κ3) is 3.71. The maximum Gasteiger partial charge on any atom is 0.157 e. The minimum Gasteiger partial charge on any atom is -0.456 e. The van der Waals surface area contributed by atoms with Crippen LogP contribution in [-0.4, -0.2) is 11.7 Å². The van der Waals surface area contributed by atoms with Crippen molar-refractivity contribution >= 4 is 33.6 Å². The topological polar surface area (TPSA) is 63.9 Å². The number of benzene rings is 3. The fourth-order valence-electron chi connectivity index (χ4n) is 3.14. The van der Waals surface area contributed by atoms with Crippen molar-refractivity contribution in [3.8, 4) is 0 Å². The lowest BCUT2D eigenvalue weighted by molar-refractivity contribution is 0.669. The van der Waals surface area contributed by atoms with Crippen LogP contribution in [0.3, 0.4) is 0 Å². The largest absolute Gasteiger partial charge is 0.456 e. The Morgan fingerprint density at radius 1 is 0.929 bits per heavy atom. The molecule has 0 aliphatic heterocycles. The molecule has 28 heavy (non-hydrogen) atoms. The zero-order valence-corrected chi connectivity index (χ0v) is 15.7. The number of fused-ring (bicyclic) bond motifs is 3. The summed E-state index contributed by atoms with van der Waals surface area (Å²) in [5.41, 5.74) is 9.69. The van der Waals surface area contributed by atoms with Gasteiger partial charge in [0.05, 0.1) is 6.54 Å². The van der Waals surface area contributed by atoms with Crippen molar-refractivity contribution in [3.05, 3.63) is 96.1 Å². The Labute approximate surface area is 163 Å². The van der Waals surface area contributed by atoms with Crippen molar-refractivity contribution in [1.29, 1.82) is 0 Å². The second-order valence-corrected chi connectivity index (χ2v) is 6.47. The van der Waals surface area contributed by atoms with Crippen LogP contribution < -0.4 is 5.73 Å². The predicted molar refractivity (Wildman–Crippen MR) is 117 cm³/mol. The zero-order valence-electron chi connectivity index (χ0n) is 15.7. The number of hydrogen-bond acceptors (Lipinski definition) is 2. The molecule has 0 saturated carbocycles. The van der Waals surface area contributed by atoms with Gasteiger partial charge in [-0.3, -0.25) is 4.99 Å². The first-order valence-corrected chi connectivity index (χ1v) is 9.21. The number of rotatable bonds is 4. The minimum atomic E-state index is 0.416. The molecule has 2 N–H and O–H groups in total. The Morgan fingerprint density at radius 2 is 1.68 bits per heavy atom. The Hall–Kier alpha value is -3.66. The van der Waals surface area contributed by atoms with E-state index in [1.807, 2.05) is 73.7 Å². The van der Waals surface area contributed by atoms with Crippen molar-refractivity contribution in [2.75, 3.05) is 0 Å². The summed E-state index contributed by atoms with van der Waals surface area (Å²) >= 11 is 0. The third-order valence-electron chi connectivity index (χ3n) is 4.46. The summed E-state index contributed by atoms with van der Waals surface area (Å²) in [7, 11) is 0. The zero-order chi connectivity index (χ0) is 19.3. The van der Waals surface area contributed by atoms with Gasteiger partial charge in [-0.2, -0.15) is 0 Å². The Kier molecular flexibility index (Phi) is 5.02. The van der Waals surface area contributed by atoms with Crippen LogP contribution in [0.5, 0.6) is 0 Å². The van der Waals surface area contributed by atoms with Crippen LogP contribution in [0.4, 0.5) is 0 Å². The smallest absolute Gasteiger partial charge is 0.157 e. The molecular formula is C24H21N3O. The fraction of sp³-hybridized carbons (Fsp3) is 0.0833. The maximum atomic E-state index is 6.02. The highest BCUT2D eigenvalue weighted by atomic mass is 16.3. The number of para-hydroxylation sites is 1. The van der Waals surface area contributed by atoms with Crippen molar-refractivity contribution in [3.63, 3.8) is 0 Å². The minimum absolute atomic E-state index is 0.416. The molecule has 4 heteroatoms. The Morgan fingerprint density at radius 3 is 2.50 bits per heavy atom. The molecule has 4 rings (SSSR count). The van der Waals surface area contributed by atoms with Gasteiger partial charge in [0.15, 0.2) is 5.84 Å². The summed E-state index contributed by atoms with van der Waals surface area (Å²) in [6.07, 6.45) is 3.62.